The van der Waals surface area contributed by atoms with Crippen LogP contribution in [-0.2, 0) is 11.2 Å². The number of aryl methyl sites for hydroxylation is 1. The van der Waals surface area contributed by atoms with Gasteiger partial charge in [0.05, 0.1) is 17.4 Å². The van der Waals surface area contributed by atoms with Crippen molar-refractivity contribution in [2.75, 3.05) is 5.32 Å². The van der Waals surface area contributed by atoms with Gasteiger partial charge in [-0.2, -0.15) is 4.98 Å². The van der Waals surface area contributed by atoms with Crippen LogP contribution in [-0.4, -0.2) is 21.0 Å². The first-order valence-corrected chi connectivity index (χ1v) is 7.00. The molecule has 6 nitrogen and oxygen atoms in total. The van der Waals surface area contributed by atoms with E-state index in [0.717, 1.165) is 0 Å². The number of anilines is 1. The number of benzene rings is 1. The lowest BCUT2D eigenvalue weighted by Crippen LogP contribution is -2.12. The van der Waals surface area contributed by atoms with E-state index < -0.39 is 5.82 Å². The van der Waals surface area contributed by atoms with E-state index in [0.29, 0.717) is 5.69 Å². The summed E-state index contributed by atoms with van der Waals surface area (Å²) in [6, 6.07) is 9.65. The lowest BCUT2D eigenvalue weighted by Gasteiger charge is -2.02. The highest BCUT2D eigenvalue weighted by atomic mass is 19.1. The van der Waals surface area contributed by atoms with Crippen LogP contribution in [0.25, 0.3) is 11.4 Å². The average Bonchev–Trinajstić information content (AvgIpc) is 3.03. The topological polar surface area (TPSA) is 80.9 Å². The lowest BCUT2D eigenvalue weighted by atomic mass is 10.2. The monoisotopic (exact) mass is 312 g/mol. The second-order valence-electron chi connectivity index (χ2n) is 4.78. The van der Waals surface area contributed by atoms with Crippen molar-refractivity contribution in [2.45, 2.75) is 12.8 Å². The molecule has 1 amide bonds. The highest BCUT2D eigenvalue weighted by molar-refractivity contribution is 5.90. The molecule has 0 bridgehead atoms. The smallest absolute Gasteiger partial charge is 0.227 e. The van der Waals surface area contributed by atoms with Crippen molar-refractivity contribution in [3.8, 4) is 11.4 Å². The molecule has 3 rings (SSSR count). The standard InChI is InChI=1S/C16H13FN4O2/c17-13-6-2-1-5-12(13)16-20-15(23-21-16)8-7-14(22)19-11-4-3-9-18-10-11/h1-6,9-10H,7-8H2,(H,19,22). The Morgan fingerprint density at radius 1 is 1.22 bits per heavy atom. The summed E-state index contributed by atoms with van der Waals surface area (Å²) in [4.78, 5) is 19.8. The molecule has 2 heterocycles. The van der Waals surface area contributed by atoms with Gasteiger partial charge in [0.1, 0.15) is 5.82 Å². The van der Waals surface area contributed by atoms with E-state index in [1.54, 1.807) is 42.7 Å². The van der Waals surface area contributed by atoms with Gasteiger partial charge in [-0.25, -0.2) is 4.39 Å². The summed E-state index contributed by atoms with van der Waals surface area (Å²) >= 11 is 0. The average molecular weight is 312 g/mol. The minimum absolute atomic E-state index is 0.172. The predicted octanol–water partition coefficient (Wildman–Crippen LogP) is 2.84. The fourth-order valence-corrected chi connectivity index (χ4v) is 1.99. The molecular formula is C16H13FN4O2. The van der Waals surface area contributed by atoms with Gasteiger partial charge in [-0.1, -0.05) is 17.3 Å². The van der Waals surface area contributed by atoms with Crippen molar-refractivity contribution in [1.82, 2.24) is 15.1 Å². The Hall–Kier alpha value is -3.09. The molecule has 3 aromatic rings. The molecule has 0 spiro atoms. The molecule has 23 heavy (non-hydrogen) atoms. The van der Waals surface area contributed by atoms with Gasteiger partial charge in [0.2, 0.25) is 17.6 Å². The first kappa shape index (κ1) is 14.8. The van der Waals surface area contributed by atoms with Gasteiger partial charge in [0, 0.05) is 19.0 Å². The molecule has 1 N–H and O–H groups in total. The SMILES string of the molecule is O=C(CCc1nc(-c2ccccc2F)no1)Nc1cccnc1. The van der Waals surface area contributed by atoms with E-state index in [9.17, 15) is 9.18 Å². The molecule has 0 saturated carbocycles. The van der Waals surface area contributed by atoms with Crippen molar-refractivity contribution >= 4 is 11.6 Å². The summed E-state index contributed by atoms with van der Waals surface area (Å²) in [6.07, 6.45) is 3.63. The van der Waals surface area contributed by atoms with Crippen LogP contribution in [0.1, 0.15) is 12.3 Å². The normalized spacial score (nSPS) is 10.5. The highest BCUT2D eigenvalue weighted by Gasteiger charge is 2.13. The molecular weight excluding hydrogens is 299 g/mol. The van der Waals surface area contributed by atoms with Gasteiger partial charge in [-0.3, -0.25) is 9.78 Å². The van der Waals surface area contributed by atoms with Crippen LogP contribution in [0.2, 0.25) is 0 Å². The minimum Gasteiger partial charge on any atom is -0.339 e. The quantitative estimate of drug-likeness (QED) is 0.783. The van der Waals surface area contributed by atoms with Crippen molar-refractivity contribution in [3.63, 3.8) is 0 Å². The first-order chi connectivity index (χ1) is 11.2. The fraction of sp³-hybridized carbons (Fsp3) is 0.125. The summed E-state index contributed by atoms with van der Waals surface area (Å²) in [7, 11) is 0. The van der Waals surface area contributed by atoms with Crippen molar-refractivity contribution < 1.29 is 13.7 Å². The molecule has 0 aliphatic heterocycles. The number of carbonyl (C=O) groups is 1. The Balaban J connectivity index is 1.59. The number of pyridine rings is 1. The summed E-state index contributed by atoms with van der Waals surface area (Å²) in [5.74, 6) is -0.159. The molecule has 0 fully saturated rings. The predicted molar refractivity (Wildman–Crippen MR) is 80.9 cm³/mol. The van der Waals surface area contributed by atoms with Crippen molar-refractivity contribution in [2.24, 2.45) is 0 Å². The zero-order valence-corrected chi connectivity index (χ0v) is 12.1. The second kappa shape index (κ2) is 6.78. The van der Waals surface area contributed by atoms with Gasteiger partial charge in [-0.15, -0.1) is 0 Å². The van der Waals surface area contributed by atoms with Gasteiger partial charge in [0.25, 0.3) is 0 Å². The summed E-state index contributed by atoms with van der Waals surface area (Å²) < 4.78 is 18.7. The third-order valence-electron chi connectivity index (χ3n) is 3.09. The van der Waals surface area contributed by atoms with Crippen molar-refractivity contribution in [1.29, 1.82) is 0 Å². The minimum atomic E-state index is -0.422. The third-order valence-corrected chi connectivity index (χ3v) is 3.09. The maximum Gasteiger partial charge on any atom is 0.227 e. The van der Waals surface area contributed by atoms with E-state index in [1.165, 1.54) is 6.07 Å². The Labute approximate surface area is 131 Å². The number of nitrogens with one attached hydrogen (secondary N) is 1. The number of amides is 1. The van der Waals surface area contributed by atoms with Crippen LogP contribution in [0.15, 0.2) is 53.3 Å². The summed E-state index contributed by atoms with van der Waals surface area (Å²) in [5.41, 5.74) is 0.886. The number of nitrogens with zero attached hydrogens (tertiary/aromatic N) is 3. The molecule has 0 aliphatic carbocycles. The van der Waals surface area contributed by atoms with Crippen LogP contribution in [0.3, 0.4) is 0 Å². The summed E-state index contributed by atoms with van der Waals surface area (Å²) in [5, 5.41) is 6.45. The third kappa shape index (κ3) is 3.76. The van der Waals surface area contributed by atoms with Crippen LogP contribution < -0.4 is 5.32 Å². The molecule has 0 unspecified atom stereocenters. The molecule has 7 heteroatoms. The lowest BCUT2D eigenvalue weighted by molar-refractivity contribution is -0.116. The van der Waals surface area contributed by atoms with Crippen LogP contribution in [0.5, 0.6) is 0 Å². The Bertz CT molecular complexity index is 805. The fourth-order valence-electron chi connectivity index (χ4n) is 1.99. The number of carbonyl (C=O) groups excluding carboxylic acids is 1. The molecule has 1 aromatic carbocycles. The van der Waals surface area contributed by atoms with Crippen LogP contribution >= 0.6 is 0 Å². The Morgan fingerprint density at radius 2 is 2.09 bits per heavy atom. The number of rotatable bonds is 5. The molecule has 0 atom stereocenters. The number of halogens is 1. The van der Waals surface area contributed by atoms with Crippen molar-refractivity contribution in [3.05, 3.63) is 60.5 Å². The Kier molecular flexibility index (Phi) is 4.37. The Morgan fingerprint density at radius 3 is 2.87 bits per heavy atom. The zero-order valence-electron chi connectivity index (χ0n) is 12.1. The van der Waals surface area contributed by atoms with E-state index in [4.69, 9.17) is 4.52 Å². The highest BCUT2D eigenvalue weighted by Crippen LogP contribution is 2.19. The van der Waals surface area contributed by atoms with E-state index in [-0.39, 0.29) is 36.0 Å². The molecule has 0 saturated heterocycles. The van der Waals surface area contributed by atoms with Crippen LogP contribution in [0.4, 0.5) is 10.1 Å². The molecule has 0 radical (unpaired) electrons. The zero-order chi connectivity index (χ0) is 16.1. The number of hydrogen-bond acceptors (Lipinski definition) is 5. The molecule has 0 aliphatic rings. The second-order valence-corrected chi connectivity index (χ2v) is 4.78. The number of hydrogen-bond donors (Lipinski definition) is 1. The van der Waals surface area contributed by atoms with E-state index in [2.05, 4.69) is 20.4 Å². The van der Waals surface area contributed by atoms with Gasteiger partial charge in [0.15, 0.2) is 0 Å². The van der Waals surface area contributed by atoms with Gasteiger partial charge >= 0.3 is 0 Å². The van der Waals surface area contributed by atoms with Crippen LogP contribution in [0, 0.1) is 5.82 Å². The van der Waals surface area contributed by atoms with E-state index >= 15 is 0 Å². The maximum absolute atomic E-state index is 13.6. The van der Waals surface area contributed by atoms with E-state index in [1.807, 2.05) is 0 Å². The maximum atomic E-state index is 13.6. The van der Waals surface area contributed by atoms with Gasteiger partial charge in [-0.05, 0) is 24.3 Å². The molecule has 2 aromatic heterocycles. The summed E-state index contributed by atoms with van der Waals surface area (Å²) in [6.45, 7) is 0. The largest absolute Gasteiger partial charge is 0.339 e. The van der Waals surface area contributed by atoms with Gasteiger partial charge < -0.3 is 9.84 Å². The molecule has 116 valence electrons. The number of aromatic nitrogens is 3. The first-order valence-electron chi connectivity index (χ1n) is 7.00.